The van der Waals surface area contributed by atoms with Crippen LogP contribution in [0.4, 0.5) is 4.39 Å². The molecule has 1 heterocycles. The van der Waals surface area contributed by atoms with Crippen molar-refractivity contribution in [3.63, 3.8) is 0 Å². The van der Waals surface area contributed by atoms with Crippen LogP contribution in [-0.2, 0) is 17.8 Å². The molecule has 0 saturated heterocycles. The summed E-state index contributed by atoms with van der Waals surface area (Å²) < 4.78 is 21.7. The molecule has 0 atom stereocenters. The molecule has 0 fully saturated rings. The molecule has 0 unspecified atom stereocenters. The minimum atomic E-state index is -0.432. The number of halogens is 1. The Morgan fingerprint density at radius 1 is 1.08 bits per heavy atom. The number of carbonyl (C=O) groups excluding carboxylic acids is 1. The molecule has 0 amide bonds. The van der Waals surface area contributed by atoms with Gasteiger partial charge in [0, 0.05) is 6.54 Å². The maximum absolute atomic E-state index is 13.5. The van der Waals surface area contributed by atoms with Crippen molar-refractivity contribution in [1.29, 1.82) is 0 Å². The molecule has 2 aromatic carbocycles. The quantitative estimate of drug-likeness (QED) is 0.669. The highest BCUT2D eigenvalue weighted by Crippen LogP contribution is 2.18. The van der Waals surface area contributed by atoms with Gasteiger partial charge in [0.1, 0.15) is 5.82 Å². The molecule has 0 radical (unpaired) electrons. The molecule has 0 spiro atoms. The average molecular weight is 342 g/mol. The van der Waals surface area contributed by atoms with Gasteiger partial charge in [-0.3, -0.25) is 9.13 Å². The Balaban J connectivity index is 2.15. The van der Waals surface area contributed by atoms with Crippen molar-refractivity contribution in [1.82, 2.24) is 9.13 Å². The molecule has 130 valence electrons. The number of fused-ring (bicyclic) bond motifs is 1. The number of imidazole rings is 1. The highest BCUT2D eigenvalue weighted by molar-refractivity contribution is 5.93. The normalized spacial score (nSPS) is 11.0. The van der Waals surface area contributed by atoms with E-state index in [1.807, 2.05) is 6.92 Å². The third-order valence-electron chi connectivity index (χ3n) is 4.08. The highest BCUT2D eigenvalue weighted by Gasteiger charge is 2.16. The zero-order valence-corrected chi connectivity index (χ0v) is 14.2. The van der Waals surface area contributed by atoms with Crippen molar-refractivity contribution in [3.8, 4) is 0 Å². The second-order valence-electron chi connectivity index (χ2n) is 5.67. The van der Waals surface area contributed by atoms with Crippen LogP contribution in [-0.4, -0.2) is 21.7 Å². The Bertz CT molecular complexity index is 988. The standard InChI is InChI=1S/C19H19FN2O3/c1-3-21-16-9-8-14(18(23)25-4-2)11-17(16)22(19(21)24)12-13-6-5-7-15(20)10-13/h5-11H,3-4,12H2,1-2H3. The summed E-state index contributed by atoms with van der Waals surface area (Å²) in [6, 6.07) is 11.2. The predicted molar refractivity (Wildman–Crippen MR) is 93.3 cm³/mol. The van der Waals surface area contributed by atoms with Gasteiger partial charge in [0.25, 0.3) is 0 Å². The number of carbonyl (C=O) groups is 1. The molecule has 0 bridgehead atoms. The van der Waals surface area contributed by atoms with Crippen LogP contribution in [0.15, 0.2) is 47.3 Å². The minimum absolute atomic E-state index is 0.192. The van der Waals surface area contributed by atoms with E-state index in [2.05, 4.69) is 0 Å². The first-order chi connectivity index (χ1) is 12.0. The van der Waals surface area contributed by atoms with Gasteiger partial charge in [-0.2, -0.15) is 0 Å². The zero-order chi connectivity index (χ0) is 18.0. The van der Waals surface area contributed by atoms with Crippen molar-refractivity contribution >= 4 is 17.0 Å². The predicted octanol–water partition coefficient (Wildman–Crippen LogP) is 3.19. The summed E-state index contributed by atoms with van der Waals surface area (Å²) in [6.45, 7) is 4.63. The maximum Gasteiger partial charge on any atom is 0.338 e. The molecular weight excluding hydrogens is 323 g/mol. The Morgan fingerprint density at radius 3 is 2.56 bits per heavy atom. The van der Waals surface area contributed by atoms with Crippen LogP contribution in [0.3, 0.4) is 0 Å². The first kappa shape index (κ1) is 17.0. The lowest BCUT2D eigenvalue weighted by atomic mass is 10.2. The van der Waals surface area contributed by atoms with Crippen molar-refractivity contribution in [2.24, 2.45) is 0 Å². The zero-order valence-electron chi connectivity index (χ0n) is 14.2. The van der Waals surface area contributed by atoms with Gasteiger partial charge < -0.3 is 4.74 Å². The first-order valence-electron chi connectivity index (χ1n) is 8.19. The summed E-state index contributed by atoms with van der Waals surface area (Å²) in [6.07, 6.45) is 0. The van der Waals surface area contributed by atoms with Gasteiger partial charge in [-0.05, 0) is 49.7 Å². The van der Waals surface area contributed by atoms with Crippen LogP contribution in [0.5, 0.6) is 0 Å². The lowest BCUT2D eigenvalue weighted by Gasteiger charge is -2.06. The second kappa shape index (κ2) is 6.93. The Morgan fingerprint density at radius 2 is 1.88 bits per heavy atom. The van der Waals surface area contributed by atoms with Gasteiger partial charge in [0.2, 0.25) is 0 Å². The van der Waals surface area contributed by atoms with Gasteiger partial charge in [0.15, 0.2) is 0 Å². The van der Waals surface area contributed by atoms with E-state index in [9.17, 15) is 14.0 Å². The van der Waals surface area contributed by atoms with Crippen molar-refractivity contribution in [2.45, 2.75) is 26.9 Å². The number of esters is 1. The van der Waals surface area contributed by atoms with Crippen molar-refractivity contribution in [3.05, 3.63) is 69.9 Å². The van der Waals surface area contributed by atoms with Crippen LogP contribution in [0.2, 0.25) is 0 Å². The fourth-order valence-electron chi connectivity index (χ4n) is 2.94. The fraction of sp³-hybridized carbons (Fsp3) is 0.263. The smallest absolute Gasteiger partial charge is 0.338 e. The van der Waals surface area contributed by atoms with Gasteiger partial charge in [0.05, 0.1) is 29.7 Å². The summed E-state index contributed by atoms with van der Waals surface area (Å²) in [4.78, 5) is 24.7. The summed E-state index contributed by atoms with van der Waals surface area (Å²) in [7, 11) is 0. The molecule has 0 aliphatic rings. The average Bonchev–Trinajstić information content (AvgIpc) is 2.86. The first-order valence-corrected chi connectivity index (χ1v) is 8.19. The minimum Gasteiger partial charge on any atom is -0.462 e. The van der Waals surface area contributed by atoms with Gasteiger partial charge in [-0.15, -0.1) is 0 Å². The third kappa shape index (κ3) is 3.20. The Labute approximate surface area is 144 Å². The SMILES string of the molecule is CCOC(=O)c1ccc2c(c1)n(Cc1cccc(F)c1)c(=O)n2CC. The Kier molecular flexibility index (Phi) is 4.70. The monoisotopic (exact) mass is 342 g/mol. The largest absolute Gasteiger partial charge is 0.462 e. The number of rotatable bonds is 5. The molecule has 1 aromatic heterocycles. The van der Waals surface area contributed by atoms with E-state index in [0.29, 0.717) is 23.2 Å². The maximum atomic E-state index is 13.5. The summed E-state index contributed by atoms with van der Waals surface area (Å²) >= 11 is 0. The highest BCUT2D eigenvalue weighted by atomic mass is 19.1. The summed E-state index contributed by atoms with van der Waals surface area (Å²) in [5.41, 5.74) is 2.23. The molecule has 0 aliphatic heterocycles. The molecule has 0 saturated carbocycles. The molecule has 0 N–H and O–H groups in total. The molecule has 3 rings (SSSR count). The van der Waals surface area contributed by atoms with E-state index in [1.54, 1.807) is 46.4 Å². The lowest BCUT2D eigenvalue weighted by Crippen LogP contribution is -2.24. The topological polar surface area (TPSA) is 53.2 Å². The van der Waals surface area contributed by atoms with Crippen LogP contribution in [0, 0.1) is 5.82 Å². The Hall–Kier alpha value is -2.89. The van der Waals surface area contributed by atoms with E-state index in [4.69, 9.17) is 4.74 Å². The second-order valence-corrected chi connectivity index (χ2v) is 5.67. The lowest BCUT2D eigenvalue weighted by molar-refractivity contribution is 0.0526. The molecule has 25 heavy (non-hydrogen) atoms. The van der Waals surface area contributed by atoms with E-state index in [1.165, 1.54) is 12.1 Å². The summed E-state index contributed by atoms with van der Waals surface area (Å²) in [5.74, 6) is -0.782. The number of benzene rings is 2. The molecule has 3 aromatic rings. The van der Waals surface area contributed by atoms with Crippen LogP contribution >= 0.6 is 0 Å². The molecule has 5 nitrogen and oxygen atoms in total. The third-order valence-corrected chi connectivity index (χ3v) is 4.08. The number of hydrogen-bond donors (Lipinski definition) is 0. The van der Waals surface area contributed by atoms with Gasteiger partial charge in [-0.1, -0.05) is 12.1 Å². The van der Waals surface area contributed by atoms with Crippen LogP contribution in [0.25, 0.3) is 11.0 Å². The molecule has 0 aliphatic carbocycles. The number of aromatic nitrogens is 2. The van der Waals surface area contributed by atoms with E-state index >= 15 is 0 Å². The van der Waals surface area contributed by atoms with E-state index in [0.717, 1.165) is 5.52 Å². The number of aryl methyl sites for hydroxylation is 1. The fourth-order valence-corrected chi connectivity index (χ4v) is 2.94. The van der Waals surface area contributed by atoms with E-state index < -0.39 is 5.97 Å². The number of hydrogen-bond acceptors (Lipinski definition) is 3. The van der Waals surface area contributed by atoms with Crippen molar-refractivity contribution < 1.29 is 13.9 Å². The number of nitrogens with zero attached hydrogens (tertiary/aromatic N) is 2. The molecule has 6 heteroatoms. The van der Waals surface area contributed by atoms with Crippen molar-refractivity contribution in [2.75, 3.05) is 6.61 Å². The van der Waals surface area contributed by atoms with E-state index in [-0.39, 0.29) is 24.7 Å². The molecular formula is C19H19FN2O3. The summed E-state index contributed by atoms with van der Waals surface area (Å²) in [5, 5.41) is 0. The number of ether oxygens (including phenoxy) is 1. The van der Waals surface area contributed by atoms with Crippen LogP contribution < -0.4 is 5.69 Å². The van der Waals surface area contributed by atoms with Crippen LogP contribution in [0.1, 0.15) is 29.8 Å². The van der Waals surface area contributed by atoms with Gasteiger partial charge >= 0.3 is 11.7 Å². The van der Waals surface area contributed by atoms with Gasteiger partial charge in [-0.25, -0.2) is 14.0 Å².